The molecule has 1 aromatic rings. The van der Waals surface area contributed by atoms with Crippen molar-refractivity contribution in [1.29, 1.82) is 0 Å². The van der Waals surface area contributed by atoms with Crippen LogP contribution in [0.4, 0.5) is 5.69 Å². The summed E-state index contributed by atoms with van der Waals surface area (Å²) in [4.78, 5) is 10.1. The van der Waals surface area contributed by atoms with Gasteiger partial charge in [-0.05, 0) is 44.9 Å². The van der Waals surface area contributed by atoms with E-state index >= 15 is 0 Å². The molecule has 0 radical (unpaired) electrons. The lowest BCUT2D eigenvalue weighted by atomic mass is 10.0. The van der Waals surface area contributed by atoms with Gasteiger partial charge >= 0.3 is 0 Å². The van der Waals surface area contributed by atoms with Crippen LogP contribution < -0.4 is 10.0 Å². The number of nitro groups is 1. The average molecular weight is 348 g/mol. The molecule has 2 N–H and O–H groups in total. The van der Waals surface area contributed by atoms with Gasteiger partial charge in [-0.2, -0.15) is 0 Å². The summed E-state index contributed by atoms with van der Waals surface area (Å²) < 4.78 is 27.7. The summed E-state index contributed by atoms with van der Waals surface area (Å²) in [6.07, 6.45) is 1.57. The number of piperidine rings is 1. The second kappa shape index (κ2) is 6.49. The third-order valence-corrected chi connectivity index (χ3v) is 5.74. The maximum Gasteiger partial charge on any atom is 0.289 e. The van der Waals surface area contributed by atoms with Gasteiger partial charge in [-0.15, -0.1) is 0 Å². The number of rotatable bonds is 4. The largest absolute Gasteiger partial charge is 0.313 e. The van der Waals surface area contributed by atoms with Gasteiger partial charge in [0.25, 0.3) is 5.69 Å². The van der Waals surface area contributed by atoms with Crippen LogP contribution >= 0.6 is 11.6 Å². The quantitative estimate of drug-likeness (QED) is 0.640. The van der Waals surface area contributed by atoms with E-state index in [4.69, 9.17) is 11.6 Å². The molecule has 1 aliphatic rings. The van der Waals surface area contributed by atoms with Crippen molar-refractivity contribution < 1.29 is 13.3 Å². The summed E-state index contributed by atoms with van der Waals surface area (Å²) in [5.41, 5.74) is 0.0585. The van der Waals surface area contributed by atoms with E-state index in [-0.39, 0.29) is 22.0 Å². The predicted molar refractivity (Wildman–Crippen MR) is 83.7 cm³/mol. The number of halogens is 1. The number of sulfonamides is 1. The summed E-state index contributed by atoms with van der Waals surface area (Å²) in [7, 11) is -3.93. The van der Waals surface area contributed by atoms with Crippen LogP contribution in [0.5, 0.6) is 0 Å². The fraction of sp³-hybridized carbons (Fsp3) is 0.538. The van der Waals surface area contributed by atoms with Crippen LogP contribution in [0.25, 0.3) is 0 Å². The number of nitro benzene ring substituents is 1. The van der Waals surface area contributed by atoms with E-state index in [2.05, 4.69) is 10.0 Å². The second-order valence-electron chi connectivity index (χ2n) is 5.47. The van der Waals surface area contributed by atoms with Crippen LogP contribution in [0.3, 0.4) is 0 Å². The zero-order valence-corrected chi connectivity index (χ0v) is 13.9. The van der Waals surface area contributed by atoms with Crippen molar-refractivity contribution in [1.82, 2.24) is 10.0 Å². The first-order valence-electron chi connectivity index (χ1n) is 6.92. The van der Waals surface area contributed by atoms with E-state index in [1.54, 1.807) is 6.92 Å². The van der Waals surface area contributed by atoms with Crippen molar-refractivity contribution in [3.63, 3.8) is 0 Å². The van der Waals surface area contributed by atoms with Gasteiger partial charge in [0.15, 0.2) is 0 Å². The number of nitrogens with one attached hydrogen (secondary N) is 2. The Hall–Kier alpha value is -1.22. The summed E-state index contributed by atoms with van der Waals surface area (Å²) >= 11 is 5.94. The van der Waals surface area contributed by atoms with Gasteiger partial charge in [-0.1, -0.05) is 11.6 Å². The van der Waals surface area contributed by atoms with Crippen LogP contribution in [0.2, 0.25) is 5.02 Å². The van der Waals surface area contributed by atoms with Gasteiger partial charge in [-0.25, -0.2) is 13.1 Å². The third kappa shape index (κ3) is 3.57. The Labute approximate surface area is 134 Å². The Balaban J connectivity index is 2.39. The third-order valence-electron chi connectivity index (χ3n) is 3.72. The predicted octanol–water partition coefficient (Wildman–Crippen LogP) is 1.98. The first kappa shape index (κ1) is 17.1. The van der Waals surface area contributed by atoms with E-state index in [1.807, 2.05) is 6.92 Å². The Morgan fingerprint density at radius 3 is 2.73 bits per heavy atom. The van der Waals surface area contributed by atoms with Gasteiger partial charge in [0.1, 0.15) is 9.92 Å². The lowest BCUT2D eigenvalue weighted by Crippen LogP contribution is -2.51. The lowest BCUT2D eigenvalue weighted by molar-refractivity contribution is -0.385. The van der Waals surface area contributed by atoms with Crippen LogP contribution in [0.15, 0.2) is 17.0 Å². The molecule has 22 heavy (non-hydrogen) atoms. The molecule has 9 heteroatoms. The minimum Gasteiger partial charge on any atom is -0.313 e. The second-order valence-corrected chi connectivity index (χ2v) is 7.53. The molecule has 0 aliphatic carbocycles. The molecule has 122 valence electrons. The fourth-order valence-corrected chi connectivity index (χ4v) is 4.53. The highest BCUT2D eigenvalue weighted by atomic mass is 35.5. The minimum absolute atomic E-state index is 0.0119. The first-order chi connectivity index (χ1) is 10.2. The highest BCUT2D eigenvalue weighted by Crippen LogP contribution is 2.32. The monoisotopic (exact) mass is 347 g/mol. The summed E-state index contributed by atoms with van der Waals surface area (Å²) in [6, 6.07) is 2.32. The number of hydrogen-bond acceptors (Lipinski definition) is 5. The molecule has 0 saturated carbocycles. The molecule has 7 nitrogen and oxygen atoms in total. The van der Waals surface area contributed by atoms with Gasteiger partial charge < -0.3 is 5.32 Å². The highest BCUT2D eigenvalue weighted by Gasteiger charge is 2.30. The van der Waals surface area contributed by atoms with Crippen molar-refractivity contribution >= 4 is 27.3 Å². The molecular formula is C13H18ClN3O4S. The van der Waals surface area contributed by atoms with Crippen molar-refractivity contribution in [2.24, 2.45) is 0 Å². The molecule has 0 aromatic heterocycles. The normalized spacial score (nSPS) is 22.5. The van der Waals surface area contributed by atoms with Gasteiger partial charge in [0, 0.05) is 18.2 Å². The fourth-order valence-electron chi connectivity index (χ4n) is 2.51. The maximum absolute atomic E-state index is 12.5. The zero-order valence-electron chi connectivity index (χ0n) is 12.3. The maximum atomic E-state index is 12.5. The number of aryl methyl sites for hydroxylation is 1. The Morgan fingerprint density at radius 2 is 2.14 bits per heavy atom. The van der Waals surface area contributed by atoms with Gasteiger partial charge in [0.05, 0.1) is 4.92 Å². The van der Waals surface area contributed by atoms with E-state index in [1.165, 1.54) is 12.1 Å². The molecule has 1 fully saturated rings. The number of benzene rings is 1. The van der Waals surface area contributed by atoms with Crippen LogP contribution in [-0.2, 0) is 10.0 Å². The molecule has 0 bridgehead atoms. The molecule has 1 aliphatic heterocycles. The van der Waals surface area contributed by atoms with Gasteiger partial charge in [-0.3, -0.25) is 10.1 Å². The van der Waals surface area contributed by atoms with Crippen molar-refractivity contribution in [2.75, 3.05) is 6.54 Å². The Kier molecular flexibility index (Phi) is 5.06. The van der Waals surface area contributed by atoms with E-state index in [0.717, 1.165) is 13.0 Å². The molecule has 0 spiro atoms. The Bertz CT molecular complexity index is 693. The SMILES string of the molecule is Cc1cc([N+](=O)[O-])c(Cl)c(S(=O)(=O)NC2CCCNC2C)c1. The van der Waals surface area contributed by atoms with Gasteiger partial charge in [0.2, 0.25) is 10.0 Å². The molecule has 2 unspecified atom stereocenters. The molecule has 0 amide bonds. The summed E-state index contributed by atoms with van der Waals surface area (Å²) in [5, 5.41) is 13.8. The average Bonchev–Trinajstić information content (AvgIpc) is 2.43. The smallest absolute Gasteiger partial charge is 0.289 e. The lowest BCUT2D eigenvalue weighted by Gasteiger charge is -2.30. The zero-order chi connectivity index (χ0) is 16.5. The topological polar surface area (TPSA) is 101 Å². The highest BCUT2D eigenvalue weighted by molar-refractivity contribution is 7.89. The minimum atomic E-state index is -3.93. The van der Waals surface area contributed by atoms with E-state index in [0.29, 0.717) is 12.0 Å². The van der Waals surface area contributed by atoms with Crippen LogP contribution in [0.1, 0.15) is 25.3 Å². The van der Waals surface area contributed by atoms with Crippen LogP contribution in [0, 0.1) is 17.0 Å². The van der Waals surface area contributed by atoms with E-state index < -0.39 is 20.6 Å². The summed E-state index contributed by atoms with van der Waals surface area (Å²) in [5.74, 6) is 0. The van der Waals surface area contributed by atoms with Crippen molar-refractivity contribution in [3.05, 3.63) is 32.8 Å². The molecular weight excluding hydrogens is 330 g/mol. The summed E-state index contributed by atoms with van der Waals surface area (Å²) in [6.45, 7) is 4.33. The molecule has 2 atom stereocenters. The first-order valence-corrected chi connectivity index (χ1v) is 8.78. The van der Waals surface area contributed by atoms with Crippen molar-refractivity contribution in [3.8, 4) is 0 Å². The van der Waals surface area contributed by atoms with E-state index in [9.17, 15) is 18.5 Å². The molecule has 2 rings (SSSR count). The van der Waals surface area contributed by atoms with Crippen LogP contribution in [-0.4, -0.2) is 32.0 Å². The molecule has 1 heterocycles. The molecule has 1 saturated heterocycles. The Morgan fingerprint density at radius 1 is 1.45 bits per heavy atom. The number of nitrogens with zero attached hydrogens (tertiary/aromatic N) is 1. The number of hydrogen-bond donors (Lipinski definition) is 2. The molecule has 1 aromatic carbocycles. The van der Waals surface area contributed by atoms with Crippen molar-refractivity contribution in [2.45, 2.75) is 43.7 Å². The standard InChI is InChI=1S/C13H18ClN3O4S/c1-8-6-11(17(18)19)13(14)12(7-8)22(20,21)16-10-4-3-5-15-9(10)2/h6-7,9-10,15-16H,3-5H2,1-2H3.